The molecule has 0 atom stereocenters. The Morgan fingerprint density at radius 1 is 1.33 bits per heavy atom. The van der Waals surface area contributed by atoms with Gasteiger partial charge in [0, 0.05) is 14.1 Å². The summed E-state index contributed by atoms with van der Waals surface area (Å²) in [5.74, 6) is 0.964. The summed E-state index contributed by atoms with van der Waals surface area (Å²) in [7, 11) is 3.80. The van der Waals surface area contributed by atoms with Crippen LogP contribution in [-0.2, 0) is 11.8 Å². The van der Waals surface area contributed by atoms with Gasteiger partial charge >= 0.3 is 0 Å². The number of hydrogen-bond donors (Lipinski definition) is 1. The molecule has 0 bridgehead atoms. The lowest BCUT2D eigenvalue weighted by atomic mass is 9.99. The first-order valence-electron chi connectivity index (χ1n) is 4.94. The molecule has 0 radical (unpaired) electrons. The lowest BCUT2D eigenvalue weighted by Gasteiger charge is -2.39. The van der Waals surface area contributed by atoms with Crippen molar-refractivity contribution in [3.63, 3.8) is 0 Å². The number of carbonyl (C=O) groups excluding carboxylic acids is 1. The Balaban J connectivity index is 2.63. The topological polar surface area (TPSA) is 50.2 Å². The molecular weight excluding hydrogens is 192 g/mol. The zero-order valence-corrected chi connectivity index (χ0v) is 9.75. The summed E-state index contributed by atoms with van der Waals surface area (Å²) in [5.41, 5.74) is 1.14. The zero-order chi connectivity index (χ0) is 11.4. The molecule has 0 aliphatic carbocycles. The quantitative estimate of drug-likeness (QED) is 0.689. The molecule has 1 N–H and O–H groups in total. The third-order valence-corrected chi connectivity index (χ3v) is 3.14. The van der Waals surface area contributed by atoms with Crippen molar-refractivity contribution in [1.29, 1.82) is 0 Å². The summed E-state index contributed by atoms with van der Waals surface area (Å²) >= 11 is 0. The molecule has 1 amide bonds. The van der Waals surface area contributed by atoms with E-state index >= 15 is 0 Å². The molecule has 0 saturated carbocycles. The number of nitrogens with one attached hydrogen (secondary N) is 1. The molecule has 1 aromatic heterocycles. The van der Waals surface area contributed by atoms with E-state index in [1.807, 2.05) is 39.8 Å². The summed E-state index contributed by atoms with van der Waals surface area (Å²) < 4.78 is 1.80. The van der Waals surface area contributed by atoms with E-state index in [1.165, 1.54) is 0 Å². The van der Waals surface area contributed by atoms with Crippen LogP contribution in [0.15, 0.2) is 0 Å². The van der Waals surface area contributed by atoms with Crippen molar-refractivity contribution in [3.8, 4) is 0 Å². The molecule has 1 aliphatic rings. The first-order valence-corrected chi connectivity index (χ1v) is 4.94. The van der Waals surface area contributed by atoms with E-state index < -0.39 is 5.54 Å². The summed E-state index contributed by atoms with van der Waals surface area (Å²) in [6.45, 7) is 5.69. The van der Waals surface area contributed by atoms with Crippen LogP contribution in [-0.4, -0.2) is 28.3 Å². The Bertz CT molecular complexity index is 433. The largest absolute Gasteiger partial charge is 0.344 e. The standard InChI is InChI=1S/C10H16N4O/c1-6-7-8(14(5)12-6)13(4)10(2,3)9(15)11-7/h1-5H3,(H,11,15). The third-order valence-electron chi connectivity index (χ3n) is 3.14. The minimum atomic E-state index is -0.534. The maximum Gasteiger partial charge on any atom is 0.249 e. The average Bonchev–Trinajstić information content (AvgIpc) is 2.39. The molecule has 0 unspecified atom stereocenters. The average molecular weight is 208 g/mol. The van der Waals surface area contributed by atoms with Crippen LogP contribution in [0.4, 0.5) is 11.5 Å². The van der Waals surface area contributed by atoms with Gasteiger partial charge in [0.1, 0.15) is 11.2 Å². The predicted molar refractivity (Wildman–Crippen MR) is 59.1 cm³/mol. The number of fused-ring (bicyclic) bond motifs is 1. The Kier molecular flexibility index (Phi) is 1.83. The molecule has 2 heterocycles. The van der Waals surface area contributed by atoms with Gasteiger partial charge in [0.25, 0.3) is 0 Å². The smallest absolute Gasteiger partial charge is 0.249 e. The van der Waals surface area contributed by atoms with E-state index in [1.54, 1.807) is 4.68 Å². The lowest BCUT2D eigenvalue weighted by Crippen LogP contribution is -2.54. The van der Waals surface area contributed by atoms with Gasteiger partial charge < -0.3 is 10.2 Å². The molecule has 82 valence electrons. The maximum atomic E-state index is 11.9. The number of carbonyl (C=O) groups is 1. The number of aromatic nitrogens is 2. The summed E-state index contributed by atoms with van der Waals surface area (Å²) in [6, 6.07) is 0. The molecule has 0 aromatic carbocycles. The Morgan fingerprint density at radius 3 is 2.53 bits per heavy atom. The number of aryl methyl sites for hydroxylation is 2. The molecule has 0 fully saturated rings. The first-order chi connectivity index (χ1) is 6.85. The summed E-state index contributed by atoms with van der Waals surface area (Å²) in [6.07, 6.45) is 0. The Hall–Kier alpha value is -1.52. The first kappa shape index (κ1) is 10.0. The Morgan fingerprint density at radius 2 is 1.93 bits per heavy atom. The van der Waals surface area contributed by atoms with E-state index in [-0.39, 0.29) is 5.91 Å². The van der Waals surface area contributed by atoms with Crippen molar-refractivity contribution in [1.82, 2.24) is 9.78 Å². The molecule has 1 aliphatic heterocycles. The van der Waals surface area contributed by atoms with Gasteiger partial charge in [-0.25, -0.2) is 0 Å². The fourth-order valence-corrected chi connectivity index (χ4v) is 1.86. The van der Waals surface area contributed by atoms with Gasteiger partial charge in [-0.2, -0.15) is 5.10 Å². The van der Waals surface area contributed by atoms with Crippen LogP contribution in [0.2, 0.25) is 0 Å². The molecule has 0 saturated heterocycles. The number of amides is 1. The van der Waals surface area contributed by atoms with E-state index in [0.29, 0.717) is 0 Å². The van der Waals surface area contributed by atoms with Crippen molar-refractivity contribution < 1.29 is 4.79 Å². The monoisotopic (exact) mass is 208 g/mol. The summed E-state index contributed by atoms with van der Waals surface area (Å²) in [4.78, 5) is 13.8. The van der Waals surface area contributed by atoms with Crippen molar-refractivity contribution in [2.45, 2.75) is 26.3 Å². The van der Waals surface area contributed by atoms with Crippen LogP contribution >= 0.6 is 0 Å². The fraction of sp³-hybridized carbons (Fsp3) is 0.600. The third kappa shape index (κ3) is 1.15. The molecule has 5 heteroatoms. The predicted octanol–water partition coefficient (Wildman–Crippen LogP) is 0.895. The zero-order valence-electron chi connectivity index (χ0n) is 9.75. The second-order valence-corrected chi connectivity index (χ2v) is 4.48. The molecule has 15 heavy (non-hydrogen) atoms. The minimum absolute atomic E-state index is 0.00796. The number of hydrogen-bond acceptors (Lipinski definition) is 3. The molecule has 1 aromatic rings. The van der Waals surface area contributed by atoms with Crippen molar-refractivity contribution >= 4 is 17.4 Å². The molecule has 0 spiro atoms. The van der Waals surface area contributed by atoms with Gasteiger partial charge in [-0.05, 0) is 20.8 Å². The number of rotatable bonds is 0. The van der Waals surface area contributed by atoms with Crippen LogP contribution in [0.3, 0.4) is 0 Å². The van der Waals surface area contributed by atoms with E-state index in [0.717, 1.165) is 17.2 Å². The lowest BCUT2D eigenvalue weighted by molar-refractivity contribution is -0.120. The van der Waals surface area contributed by atoms with Crippen molar-refractivity contribution in [2.24, 2.45) is 7.05 Å². The van der Waals surface area contributed by atoms with E-state index in [2.05, 4.69) is 10.4 Å². The second kappa shape index (κ2) is 2.74. The molecular formula is C10H16N4O. The fourth-order valence-electron chi connectivity index (χ4n) is 1.86. The number of likely N-dealkylation sites (N-methyl/N-ethyl adjacent to an activating group) is 1. The minimum Gasteiger partial charge on any atom is -0.344 e. The Labute approximate surface area is 89.1 Å². The highest BCUT2D eigenvalue weighted by Crippen LogP contribution is 2.36. The van der Waals surface area contributed by atoms with Crippen molar-refractivity contribution in [2.75, 3.05) is 17.3 Å². The van der Waals surface area contributed by atoms with Gasteiger partial charge in [0.2, 0.25) is 5.91 Å². The highest BCUT2D eigenvalue weighted by molar-refractivity contribution is 6.05. The van der Waals surface area contributed by atoms with Crippen molar-refractivity contribution in [3.05, 3.63) is 5.69 Å². The second-order valence-electron chi connectivity index (χ2n) is 4.48. The van der Waals surface area contributed by atoms with E-state index in [9.17, 15) is 4.79 Å². The van der Waals surface area contributed by atoms with Crippen LogP contribution in [0.1, 0.15) is 19.5 Å². The van der Waals surface area contributed by atoms with Crippen LogP contribution in [0, 0.1) is 6.92 Å². The van der Waals surface area contributed by atoms with Gasteiger partial charge in [0.15, 0.2) is 5.82 Å². The highest BCUT2D eigenvalue weighted by atomic mass is 16.2. The van der Waals surface area contributed by atoms with Gasteiger partial charge in [0.05, 0.1) is 5.69 Å². The summed E-state index contributed by atoms with van der Waals surface area (Å²) in [5, 5.41) is 7.21. The SMILES string of the molecule is Cc1nn(C)c2c1NC(=O)C(C)(C)N2C. The normalized spacial score (nSPS) is 18.7. The molecule has 5 nitrogen and oxygen atoms in total. The maximum absolute atomic E-state index is 11.9. The van der Waals surface area contributed by atoms with Crippen LogP contribution in [0.5, 0.6) is 0 Å². The highest BCUT2D eigenvalue weighted by Gasteiger charge is 2.40. The molecule has 2 rings (SSSR count). The van der Waals surface area contributed by atoms with Gasteiger partial charge in [-0.15, -0.1) is 0 Å². The van der Waals surface area contributed by atoms with Gasteiger partial charge in [-0.3, -0.25) is 9.48 Å². The number of nitrogens with zero attached hydrogens (tertiary/aromatic N) is 3. The van der Waals surface area contributed by atoms with Crippen LogP contribution in [0.25, 0.3) is 0 Å². The van der Waals surface area contributed by atoms with Gasteiger partial charge in [-0.1, -0.05) is 0 Å². The van der Waals surface area contributed by atoms with E-state index in [4.69, 9.17) is 0 Å². The van der Waals surface area contributed by atoms with Crippen LogP contribution < -0.4 is 10.2 Å². The number of anilines is 2.